The Morgan fingerprint density at radius 2 is 2.00 bits per heavy atom. The highest BCUT2D eigenvalue weighted by Crippen LogP contribution is 2.39. The Morgan fingerprint density at radius 1 is 1.25 bits per heavy atom. The van der Waals surface area contributed by atoms with Gasteiger partial charge in [-0.15, -0.1) is 0 Å². The average Bonchev–Trinajstić information content (AvgIpc) is 3.01. The van der Waals surface area contributed by atoms with Crippen molar-refractivity contribution in [2.45, 2.75) is 39.1 Å². The fourth-order valence-electron chi connectivity index (χ4n) is 3.44. The molecule has 1 N–H and O–H groups in total. The molecule has 7 heteroatoms. The molecule has 1 atom stereocenters. The predicted octanol–water partition coefficient (Wildman–Crippen LogP) is 4.45. The largest absolute Gasteiger partial charge is 0.416 e. The number of aliphatic hydroxyl groups excluding tert-OH is 1. The molecule has 146 valence electrons. The first-order chi connectivity index (χ1) is 13.3. The molecule has 2 aromatic carbocycles. The van der Waals surface area contributed by atoms with Crippen LogP contribution in [0.3, 0.4) is 0 Å². The highest BCUT2D eigenvalue weighted by Gasteiger charge is 2.40. The minimum absolute atomic E-state index is 0.0345. The van der Waals surface area contributed by atoms with E-state index in [1.54, 1.807) is 18.2 Å². The molecule has 1 heterocycles. The van der Waals surface area contributed by atoms with Crippen molar-refractivity contribution in [3.63, 3.8) is 0 Å². The van der Waals surface area contributed by atoms with Crippen LogP contribution in [-0.2, 0) is 25.7 Å². The second-order valence-corrected chi connectivity index (χ2v) is 6.82. The predicted molar refractivity (Wildman–Crippen MR) is 97.4 cm³/mol. The molecule has 1 aliphatic rings. The topological polar surface area (TPSA) is 64.3 Å². The lowest BCUT2D eigenvalue weighted by molar-refractivity contribution is -0.138. The zero-order valence-electron chi connectivity index (χ0n) is 15.3. The smallest absolute Gasteiger partial charge is 0.392 e. The van der Waals surface area contributed by atoms with Gasteiger partial charge in [-0.3, -0.25) is 4.79 Å². The number of nitriles is 1. The molecule has 1 amide bonds. The fourth-order valence-corrected chi connectivity index (χ4v) is 3.44. The second kappa shape index (κ2) is 7.64. The van der Waals surface area contributed by atoms with Gasteiger partial charge in [-0.05, 0) is 53.8 Å². The van der Waals surface area contributed by atoms with Crippen molar-refractivity contribution in [2.24, 2.45) is 5.92 Å². The summed E-state index contributed by atoms with van der Waals surface area (Å²) in [5, 5.41) is 18.4. The van der Waals surface area contributed by atoms with Gasteiger partial charge in [-0.1, -0.05) is 19.1 Å². The minimum Gasteiger partial charge on any atom is -0.392 e. The molecule has 0 saturated carbocycles. The molecule has 0 fully saturated rings. The van der Waals surface area contributed by atoms with E-state index in [0.29, 0.717) is 18.5 Å². The molecular weight excluding hydrogens is 369 g/mol. The normalized spacial score (nSPS) is 14.7. The number of anilines is 1. The van der Waals surface area contributed by atoms with Crippen molar-refractivity contribution in [3.8, 4) is 6.07 Å². The maximum atomic E-state index is 13.5. The van der Waals surface area contributed by atoms with Crippen LogP contribution in [0.4, 0.5) is 18.9 Å². The van der Waals surface area contributed by atoms with Gasteiger partial charge < -0.3 is 10.0 Å². The molecule has 1 unspecified atom stereocenters. The van der Waals surface area contributed by atoms with Crippen LogP contribution in [0.15, 0.2) is 36.4 Å². The van der Waals surface area contributed by atoms with E-state index in [9.17, 15) is 23.1 Å². The van der Waals surface area contributed by atoms with Gasteiger partial charge in [-0.2, -0.15) is 18.4 Å². The summed E-state index contributed by atoms with van der Waals surface area (Å²) in [5.41, 5.74) is 0.384. The number of carbonyl (C=O) groups is 1. The van der Waals surface area contributed by atoms with E-state index in [1.165, 1.54) is 11.0 Å². The number of hydrogen-bond donors (Lipinski definition) is 1. The number of amides is 1. The summed E-state index contributed by atoms with van der Waals surface area (Å²) in [6.07, 6.45) is -3.42. The summed E-state index contributed by atoms with van der Waals surface area (Å²) in [5.74, 6) is -0.689. The molecular formula is C21H19F3N2O2. The van der Waals surface area contributed by atoms with Crippen LogP contribution in [0.1, 0.15) is 46.0 Å². The summed E-state index contributed by atoms with van der Waals surface area (Å²) in [7, 11) is 0. The number of rotatable bonds is 5. The number of hydrogen-bond acceptors (Lipinski definition) is 3. The zero-order valence-corrected chi connectivity index (χ0v) is 15.3. The number of carbonyl (C=O) groups excluding carboxylic acids is 1. The molecule has 0 aliphatic carbocycles. The van der Waals surface area contributed by atoms with E-state index in [2.05, 4.69) is 6.07 Å². The Morgan fingerprint density at radius 3 is 2.61 bits per heavy atom. The monoisotopic (exact) mass is 388 g/mol. The van der Waals surface area contributed by atoms with E-state index in [0.717, 1.165) is 11.6 Å². The minimum atomic E-state index is -4.62. The van der Waals surface area contributed by atoms with Crippen molar-refractivity contribution < 1.29 is 23.1 Å². The van der Waals surface area contributed by atoms with Crippen LogP contribution in [-0.4, -0.2) is 11.0 Å². The molecule has 0 saturated heterocycles. The van der Waals surface area contributed by atoms with Crippen LogP contribution < -0.4 is 4.90 Å². The Hall–Kier alpha value is -2.85. The van der Waals surface area contributed by atoms with Gasteiger partial charge in [0.1, 0.15) is 0 Å². The molecule has 0 aromatic heterocycles. The Bertz CT molecular complexity index is 948. The van der Waals surface area contributed by atoms with Gasteiger partial charge in [0.25, 0.3) is 5.91 Å². The van der Waals surface area contributed by atoms with Gasteiger partial charge >= 0.3 is 6.18 Å². The summed E-state index contributed by atoms with van der Waals surface area (Å²) >= 11 is 0. The lowest BCUT2D eigenvalue weighted by Gasteiger charge is -2.18. The maximum absolute atomic E-state index is 13.5. The summed E-state index contributed by atoms with van der Waals surface area (Å²) in [6, 6.07) is 11.4. The molecule has 1 aliphatic heterocycles. The van der Waals surface area contributed by atoms with Crippen molar-refractivity contribution in [3.05, 3.63) is 64.2 Å². The van der Waals surface area contributed by atoms with E-state index >= 15 is 0 Å². The number of halogens is 3. The standard InChI is InChI=1S/C21H19F3N2O2/c1-2-13(10-25)6-14-4-3-5-16(7-14)26-11-18-17(20(26)28)8-15(12-27)9-19(18)21(22,23)24/h3-5,7-9,13,27H,2,6,11-12H2,1H3. The van der Waals surface area contributed by atoms with E-state index < -0.39 is 24.3 Å². The number of nitrogens with zero attached hydrogens (tertiary/aromatic N) is 2. The zero-order chi connectivity index (χ0) is 20.5. The first-order valence-corrected chi connectivity index (χ1v) is 8.92. The van der Waals surface area contributed by atoms with Crippen LogP contribution in [0.2, 0.25) is 0 Å². The second-order valence-electron chi connectivity index (χ2n) is 6.82. The molecule has 28 heavy (non-hydrogen) atoms. The van der Waals surface area contributed by atoms with Crippen molar-refractivity contribution in [2.75, 3.05) is 4.90 Å². The molecule has 0 bridgehead atoms. The summed E-state index contributed by atoms with van der Waals surface area (Å²) in [4.78, 5) is 14.1. The van der Waals surface area contributed by atoms with Gasteiger partial charge in [0.05, 0.1) is 30.7 Å². The van der Waals surface area contributed by atoms with E-state index in [-0.39, 0.29) is 29.2 Å². The van der Waals surface area contributed by atoms with Crippen LogP contribution in [0.5, 0.6) is 0 Å². The third kappa shape index (κ3) is 3.73. The van der Waals surface area contributed by atoms with Crippen LogP contribution >= 0.6 is 0 Å². The molecule has 2 aromatic rings. The number of benzene rings is 2. The van der Waals surface area contributed by atoms with Crippen molar-refractivity contribution in [1.29, 1.82) is 5.26 Å². The molecule has 0 radical (unpaired) electrons. The Balaban J connectivity index is 1.98. The van der Waals surface area contributed by atoms with Crippen LogP contribution in [0, 0.1) is 17.2 Å². The van der Waals surface area contributed by atoms with Crippen molar-refractivity contribution >= 4 is 11.6 Å². The SMILES string of the molecule is CCC(C#N)Cc1cccc(N2Cc3c(cc(CO)cc3C(F)(F)F)C2=O)c1. The van der Waals surface area contributed by atoms with Gasteiger partial charge in [0.15, 0.2) is 0 Å². The van der Waals surface area contributed by atoms with Gasteiger partial charge in [-0.25, -0.2) is 0 Å². The first kappa shape index (κ1) is 19.9. The number of fused-ring (bicyclic) bond motifs is 1. The number of alkyl halides is 3. The molecule has 4 nitrogen and oxygen atoms in total. The summed E-state index contributed by atoms with van der Waals surface area (Å²) in [6.45, 7) is 1.15. The summed E-state index contributed by atoms with van der Waals surface area (Å²) < 4.78 is 40.4. The number of aliphatic hydroxyl groups is 1. The van der Waals surface area contributed by atoms with E-state index in [1.807, 2.05) is 13.0 Å². The maximum Gasteiger partial charge on any atom is 0.416 e. The Labute approximate surface area is 160 Å². The average molecular weight is 388 g/mol. The first-order valence-electron chi connectivity index (χ1n) is 8.92. The van der Waals surface area contributed by atoms with E-state index in [4.69, 9.17) is 5.26 Å². The molecule has 3 rings (SSSR count). The van der Waals surface area contributed by atoms with Crippen LogP contribution in [0.25, 0.3) is 0 Å². The Kier molecular flexibility index (Phi) is 5.43. The van der Waals surface area contributed by atoms with Crippen molar-refractivity contribution in [1.82, 2.24) is 0 Å². The lowest BCUT2D eigenvalue weighted by Crippen LogP contribution is -2.23. The third-order valence-electron chi connectivity index (χ3n) is 4.97. The van der Waals surface area contributed by atoms with Gasteiger partial charge in [0.2, 0.25) is 0 Å². The van der Waals surface area contributed by atoms with Gasteiger partial charge in [0, 0.05) is 11.3 Å². The lowest BCUT2D eigenvalue weighted by atomic mass is 9.98. The highest BCUT2D eigenvalue weighted by molar-refractivity contribution is 6.10. The highest BCUT2D eigenvalue weighted by atomic mass is 19.4. The fraction of sp³-hybridized carbons (Fsp3) is 0.333. The third-order valence-corrected chi connectivity index (χ3v) is 4.97. The quantitative estimate of drug-likeness (QED) is 0.823. The molecule has 0 spiro atoms.